The van der Waals surface area contributed by atoms with E-state index in [0.717, 1.165) is 12.8 Å². The molecular weight excluding hydrogens is 166 g/mol. The van der Waals surface area contributed by atoms with E-state index in [2.05, 4.69) is 0 Å². The van der Waals surface area contributed by atoms with Crippen LogP contribution in [0.3, 0.4) is 0 Å². The number of carbonyl (C=O) groups excluding carboxylic acids is 1. The fourth-order valence-electron chi connectivity index (χ4n) is 1.75. The van der Waals surface area contributed by atoms with Crippen LogP contribution < -0.4 is 5.73 Å². The molecule has 1 aliphatic rings. The molecule has 0 saturated heterocycles. The molecule has 3 nitrogen and oxygen atoms in total. The lowest BCUT2D eigenvalue weighted by Crippen LogP contribution is -2.36. The summed E-state index contributed by atoms with van der Waals surface area (Å²) in [6.07, 6.45) is 5.09. The second-order valence-corrected chi connectivity index (χ2v) is 3.74. The van der Waals surface area contributed by atoms with E-state index >= 15 is 0 Å². The molecule has 1 fully saturated rings. The summed E-state index contributed by atoms with van der Waals surface area (Å²) in [6.45, 7) is 2.33. The minimum atomic E-state index is -0.113. The Hall–Kier alpha value is -0.570. The maximum absolute atomic E-state index is 10.9. The zero-order chi connectivity index (χ0) is 9.68. The van der Waals surface area contributed by atoms with Gasteiger partial charge in [-0.1, -0.05) is 19.8 Å². The molecule has 13 heavy (non-hydrogen) atoms. The zero-order valence-corrected chi connectivity index (χ0v) is 8.29. The van der Waals surface area contributed by atoms with E-state index < -0.39 is 0 Å². The van der Waals surface area contributed by atoms with Crippen molar-refractivity contribution in [3.05, 3.63) is 0 Å². The van der Waals surface area contributed by atoms with Crippen molar-refractivity contribution in [2.45, 2.75) is 45.1 Å². The molecule has 76 valence electrons. The third kappa shape index (κ3) is 3.35. The Morgan fingerprint density at radius 2 is 2.15 bits per heavy atom. The molecular formula is C10H19NO2. The molecule has 0 bridgehead atoms. The summed E-state index contributed by atoms with van der Waals surface area (Å²) < 4.78 is 5.08. The number of nitrogens with two attached hydrogens (primary N) is 1. The molecule has 0 amide bonds. The highest BCUT2D eigenvalue weighted by Gasteiger charge is 2.22. The highest BCUT2D eigenvalue weighted by molar-refractivity contribution is 5.68. The first-order valence-electron chi connectivity index (χ1n) is 5.15. The van der Waals surface area contributed by atoms with E-state index in [1.165, 1.54) is 12.8 Å². The Balaban J connectivity index is 2.22. The van der Waals surface area contributed by atoms with Gasteiger partial charge in [0.2, 0.25) is 0 Å². The van der Waals surface area contributed by atoms with Crippen molar-refractivity contribution in [2.24, 2.45) is 11.7 Å². The third-order valence-electron chi connectivity index (χ3n) is 2.71. The molecule has 1 aliphatic carbocycles. The predicted molar refractivity (Wildman–Crippen MR) is 51.2 cm³/mol. The van der Waals surface area contributed by atoms with Gasteiger partial charge in [-0.2, -0.15) is 0 Å². The Labute approximate surface area is 79.6 Å². The fraction of sp³-hybridized carbons (Fsp3) is 0.900. The summed E-state index contributed by atoms with van der Waals surface area (Å²) in [7, 11) is 0. The number of hydrogen-bond acceptors (Lipinski definition) is 3. The molecule has 2 N–H and O–H groups in total. The highest BCUT2D eigenvalue weighted by atomic mass is 16.5. The number of carbonyl (C=O) groups is 1. The lowest BCUT2D eigenvalue weighted by molar-refractivity contribution is -0.145. The Kier molecular flexibility index (Phi) is 4.22. The number of esters is 1. The maximum atomic E-state index is 10.9. The smallest absolute Gasteiger partial charge is 0.305 e. The average molecular weight is 185 g/mol. The van der Waals surface area contributed by atoms with E-state index in [9.17, 15) is 4.79 Å². The second-order valence-electron chi connectivity index (χ2n) is 3.74. The standard InChI is InChI=1S/C10H19NO2/c1-2-10(12)13-7-8-5-3-4-6-9(8)11/h8-9H,2-7,11H2,1H3/t8?,9-/m1/s1. The molecule has 1 saturated carbocycles. The second kappa shape index (κ2) is 5.22. The molecule has 3 heteroatoms. The quantitative estimate of drug-likeness (QED) is 0.677. The van der Waals surface area contributed by atoms with Crippen LogP contribution in [0.4, 0.5) is 0 Å². The normalized spacial score (nSPS) is 28.5. The molecule has 2 atom stereocenters. The summed E-state index contributed by atoms with van der Waals surface area (Å²) in [6, 6.07) is 0.235. The van der Waals surface area contributed by atoms with Gasteiger partial charge in [0.25, 0.3) is 0 Å². The van der Waals surface area contributed by atoms with Crippen LogP contribution in [-0.2, 0) is 9.53 Å². The van der Waals surface area contributed by atoms with Crippen molar-refractivity contribution >= 4 is 5.97 Å². The molecule has 0 heterocycles. The SMILES string of the molecule is CCC(=O)OCC1CCCC[C@H]1N. The van der Waals surface area contributed by atoms with Gasteiger partial charge < -0.3 is 10.5 Å². The van der Waals surface area contributed by atoms with Gasteiger partial charge >= 0.3 is 5.97 Å². The minimum absolute atomic E-state index is 0.113. The van der Waals surface area contributed by atoms with Crippen LogP contribution in [0.25, 0.3) is 0 Å². The van der Waals surface area contributed by atoms with E-state index in [0.29, 0.717) is 18.9 Å². The van der Waals surface area contributed by atoms with Gasteiger partial charge in [-0.15, -0.1) is 0 Å². The van der Waals surface area contributed by atoms with Crippen molar-refractivity contribution in [2.75, 3.05) is 6.61 Å². The first-order valence-corrected chi connectivity index (χ1v) is 5.15. The lowest BCUT2D eigenvalue weighted by Gasteiger charge is -2.27. The summed E-state index contributed by atoms with van der Waals surface area (Å²) in [5.74, 6) is 0.280. The molecule has 0 aromatic carbocycles. The average Bonchev–Trinajstić information content (AvgIpc) is 2.16. The van der Waals surface area contributed by atoms with Gasteiger partial charge in [-0.25, -0.2) is 0 Å². The maximum Gasteiger partial charge on any atom is 0.305 e. The number of ether oxygens (including phenoxy) is 1. The van der Waals surface area contributed by atoms with Gasteiger partial charge in [0, 0.05) is 18.4 Å². The van der Waals surface area contributed by atoms with Gasteiger partial charge in [0.15, 0.2) is 0 Å². The van der Waals surface area contributed by atoms with Crippen LogP contribution in [-0.4, -0.2) is 18.6 Å². The first kappa shape index (κ1) is 10.5. The van der Waals surface area contributed by atoms with Crippen molar-refractivity contribution in [1.29, 1.82) is 0 Å². The monoisotopic (exact) mass is 185 g/mol. The zero-order valence-electron chi connectivity index (χ0n) is 8.29. The summed E-state index contributed by atoms with van der Waals surface area (Å²) >= 11 is 0. The van der Waals surface area contributed by atoms with Crippen molar-refractivity contribution < 1.29 is 9.53 Å². The van der Waals surface area contributed by atoms with Crippen LogP contribution in [0.5, 0.6) is 0 Å². The predicted octanol–water partition coefficient (Wildman–Crippen LogP) is 1.46. The Bertz CT molecular complexity index is 170. The summed E-state index contributed by atoms with van der Waals surface area (Å²) in [5, 5.41) is 0. The first-order chi connectivity index (χ1) is 6.24. The van der Waals surface area contributed by atoms with Gasteiger partial charge in [-0.05, 0) is 12.8 Å². The number of hydrogen-bond donors (Lipinski definition) is 1. The van der Waals surface area contributed by atoms with Crippen molar-refractivity contribution in [3.8, 4) is 0 Å². The van der Waals surface area contributed by atoms with Crippen LogP contribution >= 0.6 is 0 Å². The van der Waals surface area contributed by atoms with Gasteiger partial charge in [0.05, 0.1) is 6.61 Å². The molecule has 0 radical (unpaired) electrons. The molecule has 0 spiro atoms. The van der Waals surface area contributed by atoms with E-state index in [1.807, 2.05) is 6.92 Å². The van der Waals surface area contributed by atoms with E-state index in [4.69, 9.17) is 10.5 Å². The molecule has 0 aromatic rings. The van der Waals surface area contributed by atoms with E-state index in [-0.39, 0.29) is 12.0 Å². The molecule has 0 aromatic heterocycles. The van der Waals surface area contributed by atoms with Crippen LogP contribution in [0.15, 0.2) is 0 Å². The lowest BCUT2D eigenvalue weighted by atomic mass is 9.86. The summed E-state index contributed by atoms with van der Waals surface area (Å²) in [4.78, 5) is 10.9. The Morgan fingerprint density at radius 1 is 1.46 bits per heavy atom. The highest BCUT2D eigenvalue weighted by Crippen LogP contribution is 2.23. The van der Waals surface area contributed by atoms with Crippen LogP contribution in [0.1, 0.15) is 39.0 Å². The molecule has 0 aliphatic heterocycles. The van der Waals surface area contributed by atoms with Crippen LogP contribution in [0.2, 0.25) is 0 Å². The topological polar surface area (TPSA) is 52.3 Å². The van der Waals surface area contributed by atoms with E-state index in [1.54, 1.807) is 0 Å². The van der Waals surface area contributed by atoms with Gasteiger partial charge in [-0.3, -0.25) is 4.79 Å². The van der Waals surface area contributed by atoms with Crippen molar-refractivity contribution in [1.82, 2.24) is 0 Å². The third-order valence-corrected chi connectivity index (χ3v) is 2.71. The van der Waals surface area contributed by atoms with Crippen LogP contribution in [0, 0.1) is 5.92 Å². The Morgan fingerprint density at radius 3 is 2.77 bits per heavy atom. The summed E-state index contributed by atoms with van der Waals surface area (Å²) in [5.41, 5.74) is 5.92. The number of rotatable bonds is 3. The fourth-order valence-corrected chi connectivity index (χ4v) is 1.75. The molecule has 1 unspecified atom stereocenters. The minimum Gasteiger partial charge on any atom is -0.465 e. The van der Waals surface area contributed by atoms with Crippen molar-refractivity contribution in [3.63, 3.8) is 0 Å². The van der Waals surface area contributed by atoms with Gasteiger partial charge in [0.1, 0.15) is 0 Å². The largest absolute Gasteiger partial charge is 0.465 e. The molecule has 1 rings (SSSR count).